The number of rotatable bonds is 3. The van der Waals surface area contributed by atoms with Crippen LogP contribution in [0.15, 0.2) is 48.8 Å². The van der Waals surface area contributed by atoms with Crippen LogP contribution in [0.5, 0.6) is 0 Å². The summed E-state index contributed by atoms with van der Waals surface area (Å²) in [6, 6.07) is 11.7. The molecule has 0 aliphatic carbocycles. The zero-order valence-electron chi connectivity index (χ0n) is 10.7. The Morgan fingerprint density at radius 3 is 2.74 bits per heavy atom. The van der Waals surface area contributed by atoms with Gasteiger partial charge in [-0.25, -0.2) is 9.50 Å². The third kappa shape index (κ3) is 2.35. The standard InChI is InChI=1S/C14H15N5/c1-18(10-11-2-4-12(15)5-3-11)13-7-9-19-14(17-13)6-8-16-19/h2-9H,10,15H2,1H3. The van der Waals surface area contributed by atoms with Gasteiger partial charge in [0.1, 0.15) is 5.82 Å². The molecule has 5 heteroatoms. The predicted octanol–water partition coefficient (Wildman–Crippen LogP) is 1.95. The molecule has 96 valence electrons. The highest BCUT2D eigenvalue weighted by atomic mass is 15.3. The summed E-state index contributed by atoms with van der Waals surface area (Å²) in [4.78, 5) is 6.65. The third-order valence-electron chi connectivity index (χ3n) is 3.03. The van der Waals surface area contributed by atoms with Crippen LogP contribution in [-0.4, -0.2) is 21.6 Å². The molecule has 2 heterocycles. The van der Waals surface area contributed by atoms with E-state index in [1.807, 2.05) is 49.6 Å². The Morgan fingerprint density at radius 2 is 1.95 bits per heavy atom. The Kier molecular flexibility index (Phi) is 2.79. The molecular formula is C14H15N5. The van der Waals surface area contributed by atoms with E-state index >= 15 is 0 Å². The molecule has 0 aliphatic heterocycles. The van der Waals surface area contributed by atoms with E-state index < -0.39 is 0 Å². The van der Waals surface area contributed by atoms with Crippen LogP contribution in [-0.2, 0) is 6.54 Å². The number of nitrogens with two attached hydrogens (primary N) is 1. The number of benzene rings is 1. The van der Waals surface area contributed by atoms with Gasteiger partial charge in [-0.3, -0.25) is 0 Å². The molecule has 0 saturated carbocycles. The Morgan fingerprint density at radius 1 is 1.16 bits per heavy atom. The maximum absolute atomic E-state index is 5.68. The van der Waals surface area contributed by atoms with Gasteiger partial charge in [-0.15, -0.1) is 0 Å². The maximum atomic E-state index is 5.68. The van der Waals surface area contributed by atoms with Crippen molar-refractivity contribution in [2.24, 2.45) is 0 Å². The molecular weight excluding hydrogens is 238 g/mol. The fourth-order valence-corrected chi connectivity index (χ4v) is 1.99. The summed E-state index contributed by atoms with van der Waals surface area (Å²) in [6.45, 7) is 0.789. The molecule has 0 saturated heterocycles. The van der Waals surface area contributed by atoms with Gasteiger partial charge in [-0.05, 0) is 23.8 Å². The molecule has 0 bridgehead atoms. The SMILES string of the molecule is CN(Cc1ccc(N)cc1)c1ccn2nccc2n1. The normalized spacial score (nSPS) is 10.8. The van der Waals surface area contributed by atoms with Crippen molar-refractivity contribution < 1.29 is 0 Å². The lowest BCUT2D eigenvalue weighted by atomic mass is 10.2. The zero-order chi connectivity index (χ0) is 13.2. The van der Waals surface area contributed by atoms with Crippen molar-refractivity contribution in [3.63, 3.8) is 0 Å². The highest BCUT2D eigenvalue weighted by Gasteiger charge is 2.05. The van der Waals surface area contributed by atoms with Gasteiger partial charge in [0.15, 0.2) is 5.65 Å². The van der Waals surface area contributed by atoms with Crippen LogP contribution < -0.4 is 10.6 Å². The van der Waals surface area contributed by atoms with E-state index in [0.717, 1.165) is 23.7 Å². The maximum Gasteiger partial charge on any atom is 0.157 e. The molecule has 0 fully saturated rings. The van der Waals surface area contributed by atoms with Gasteiger partial charge < -0.3 is 10.6 Å². The first kappa shape index (κ1) is 11.5. The summed E-state index contributed by atoms with van der Waals surface area (Å²) < 4.78 is 1.75. The highest BCUT2D eigenvalue weighted by Crippen LogP contribution is 2.14. The number of nitrogens with zero attached hydrogens (tertiary/aromatic N) is 4. The van der Waals surface area contributed by atoms with Crippen LogP contribution in [0.1, 0.15) is 5.56 Å². The minimum atomic E-state index is 0.783. The van der Waals surface area contributed by atoms with Crippen molar-refractivity contribution in [3.05, 3.63) is 54.4 Å². The molecule has 0 spiro atoms. The molecule has 0 amide bonds. The quantitative estimate of drug-likeness (QED) is 0.725. The van der Waals surface area contributed by atoms with Gasteiger partial charge in [0.25, 0.3) is 0 Å². The Balaban J connectivity index is 1.82. The summed E-state index contributed by atoms with van der Waals surface area (Å²) in [5.74, 6) is 0.921. The average Bonchev–Trinajstić information content (AvgIpc) is 2.88. The summed E-state index contributed by atoms with van der Waals surface area (Å²) >= 11 is 0. The van der Waals surface area contributed by atoms with E-state index in [0.29, 0.717) is 0 Å². The van der Waals surface area contributed by atoms with Crippen molar-refractivity contribution in [1.82, 2.24) is 14.6 Å². The minimum Gasteiger partial charge on any atom is -0.399 e. The molecule has 3 rings (SSSR count). The Bertz CT molecular complexity index is 686. The molecule has 1 aromatic carbocycles. The first-order chi connectivity index (χ1) is 9.22. The van der Waals surface area contributed by atoms with Gasteiger partial charge in [-0.2, -0.15) is 5.10 Å². The van der Waals surface area contributed by atoms with Crippen LogP contribution in [0.4, 0.5) is 11.5 Å². The van der Waals surface area contributed by atoms with E-state index in [-0.39, 0.29) is 0 Å². The summed E-state index contributed by atoms with van der Waals surface area (Å²) in [5, 5.41) is 4.13. The molecule has 5 nitrogen and oxygen atoms in total. The fourth-order valence-electron chi connectivity index (χ4n) is 1.99. The molecule has 0 radical (unpaired) electrons. The second-order valence-electron chi connectivity index (χ2n) is 4.52. The number of nitrogen functional groups attached to an aromatic ring is 1. The Labute approximate surface area is 111 Å². The van der Waals surface area contributed by atoms with Crippen molar-refractivity contribution in [1.29, 1.82) is 0 Å². The predicted molar refractivity (Wildman–Crippen MR) is 75.9 cm³/mol. The van der Waals surface area contributed by atoms with Crippen molar-refractivity contribution in [3.8, 4) is 0 Å². The molecule has 0 atom stereocenters. The van der Waals surface area contributed by atoms with Crippen LogP contribution in [0.3, 0.4) is 0 Å². The summed E-state index contributed by atoms with van der Waals surface area (Å²) in [5.41, 5.74) is 8.52. The minimum absolute atomic E-state index is 0.783. The lowest BCUT2D eigenvalue weighted by Gasteiger charge is -2.18. The van der Waals surface area contributed by atoms with E-state index in [2.05, 4.69) is 15.0 Å². The summed E-state index contributed by atoms with van der Waals surface area (Å²) in [6.07, 6.45) is 3.66. The largest absolute Gasteiger partial charge is 0.399 e. The second kappa shape index (κ2) is 4.61. The summed E-state index contributed by atoms with van der Waals surface area (Å²) in [7, 11) is 2.02. The molecule has 0 aliphatic rings. The van der Waals surface area contributed by atoms with Gasteiger partial charge in [0.2, 0.25) is 0 Å². The van der Waals surface area contributed by atoms with Gasteiger partial charge in [0, 0.05) is 31.5 Å². The zero-order valence-corrected chi connectivity index (χ0v) is 10.7. The molecule has 0 unspecified atom stereocenters. The van der Waals surface area contributed by atoms with Crippen molar-refractivity contribution in [2.45, 2.75) is 6.54 Å². The number of fused-ring (bicyclic) bond motifs is 1. The molecule has 2 aromatic heterocycles. The van der Waals surface area contributed by atoms with E-state index in [4.69, 9.17) is 5.73 Å². The van der Waals surface area contributed by atoms with Crippen LogP contribution >= 0.6 is 0 Å². The smallest absolute Gasteiger partial charge is 0.157 e. The Hall–Kier alpha value is -2.56. The first-order valence-corrected chi connectivity index (χ1v) is 6.08. The monoisotopic (exact) mass is 253 g/mol. The van der Waals surface area contributed by atoms with E-state index in [9.17, 15) is 0 Å². The first-order valence-electron chi connectivity index (χ1n) is 6.08. The number of aromatic nitrogens is 3. The second-order valence-corrected chi connectivity index (χ2v) is 4.52. The van der Waals surface area contributed by atoms with Gasteiger partial charge in [0.05, 0.1) is 6.20 Å². The van der Waals surface area contributed by atoms with E-state index in [1.165, 1.54) is 5.56 Å². The van der Waals surface area contributed by atoms with Crippen molar-refractivity contribution in [2.75, 3.05) is 17.7 Å². The van der Waals surface area contributed by atoms with Crippen molar-refractivity contribution >= 4 is 17.2 Å². The van der Waals surface area contributed by atoms with Crippen LogP contribution in [0.2, 0.25) is 0 Å². The highest BCUT2D eigenvalue weighted by molar-refractivity contribution is 5.47. The van der Waals surface area contributed by atoms with Gasteiger partial charge >= 0.3 is 0 Å². The van der Waals surface area contributed by atoms with Crippen LogP contribution in [0.25, 0.3) is 5.65 Å². The average molecular weight is 253 g/mol. The number of hydrogen-bond donors (Lipinski definition) is 1. The molecule has 3 aromatic rings. The van der Waals surface area contributed by atoms with Gasteiger partial charge in [-0.1, -0.05) is 12.1 Å². The number of anilines is 2. The fraction of sp³-hybridized carbons (Fsp3) is 0.143. The van der Waals surface area contributed by atoms with E-state index in [1.54, 1.807) is 10.7 Å². The molecule has 19 heavy (non-hydrogen) atoms. The molecule has 2 N–H and O–H groups in total. The lowest BCUT2D eigenvalue weighted by molar-refractivity contribution is 0.877. The van der Waals surface area contributed by atoms with Crippen LogP contribution in [0, 0.1) is 0 Å². The topological polar surface area (TPSA) is 59.5 Å². The lowest BCUT2D eigenvalue weighted by Crippen LogP contribution is -2.18. The number of hydrogen-bond acceptors (Lipinski definition) is 4. The third-order valence-corrected chi connectivity index (χ3v) is 3.03.